The van der Waals surface area contributed by atoms with Gasteiger partial charge in [-0.05, 0) is 36.2 Å². The molecule has 0 saturated carbocycles. The van der Waals surface area contributed by atoms with Crippen LogP contribution in [-0.2, 0) is 16.0 Å². The molecular formula is C16H13Cl2FN2O2. The van der Waals surface area contributed by atoms with Crippen LogP contribution in [0.15, 0.2) is 42.5 Å². The second-order valence-corrected chi connectivity index (χ2v) is 5.50. The number of benzene rings is 2. The summed E-state index contributed by atoms with van der Waals surface area (Å²) in [6.07, 6.45) is 0.478. The monoisotopic (exact) mass is 354 g/mol. The molecule has 0 radical (unpaired) electrons. The average molecular weight is 355 g/mol. The van der Waals surface area contributed by atoms with Crippen molar-refractivity contribution in [2.75, 3.05) is 11.9 Å². The third kappa shape index (κ3) is 4.94. The van der Waals surface area contributed by atoms with Crippen molar-refractivity contribution in [1.82, 2.24) is 5.32 Å². The van der Waals surface area contributed by atoms with E-state index in [9.17, 15) is 14.0 Å². The summed E-state index contributed by atoms with van der Waals surface area (Å²) < 4.78 is 12.8. The Labute approximate surface area is 142 Å². The minimum atomic E-state index is -0.862. The van der Waals surface area contributed by atoms with Crippen molar-refractivity contribution in [2.24, 2.45) is 0 Å². The largest absolute Gasteiger partial charge is 0.347 e. The normalized spacial score (nSPS) is 10.2. The van der Waals surface area contributed by atoms with E-state index in [1.165, 1.54) is 12.1 Å². The van der Waals surface area contributed by atoms with Gasteiger partial charge in [-0.25, -0.2) is 4.39 Å². The number of nitrogens with one attached hydrogen (secondary N) is 2. The highest BCUT2D eigenvalue weighted by Gasteiger charge is 2.16. The first-order valence-corrected chi connectivity index (χ1v) is 7.50. The molecule has 0 bridgehead atoms. The van der Waals surface area contributed by atoms with Gasteiger partial charge in [0.2, 0.25) is 0 Å². The number of amides is 2. The Balaban J connectivity index is 1.85. The summed E-state index contributed by atoms with van der Waals surface area (Å²) in [6, 6.07) is 10.6. The Hall–Kier alpha value is -2.11. The molecule has 0 unspecified atom stereocenters. The highest BCUT2D eigenvalue weighted by Crippen LogP contribution is 2.29. The van der Waals surface area contributed by atoms with Crippen molar-refractivity contribution < 1.29 is 14.0 Å². The first-order chi connectivity index (χ1) is 11.0. The lowest BCUT2D eigenvalue weighted by Gasteiger charge is -2.09. The number of rotatable bonds is 4. The van der Waals surface area contributed by atoms with Gasteiger partial charge in [0.25, 0.3) is 0 Å². The summed E-state index contributed by atoms with van der Waals surface area (Å²) in [7, 11) is 0. The molecule has 2 rings (SSSR count). The van der Waals surface area contributed by atoms with Gasteiger partial charge in [-0.2, -0.15) is 0 Å². The number of carbonyl (C=O) groups excluding carboxylic acids is 2. The van der Waals surface area contributed by atoms with Gasteiger partial charge >= 0.3 is 11.8 Å². The second kappa shape index (κ2) is 7.94. The molecule has 2 N–H and O–H groups in total. The van der Waals surface area contributed by atoms with Crippen molar-refractivity contribution in [2.45, 2.75) is 6.42 Å². The molecule has 23 heavy (non-hydrogen) atoms. The summed E-state index contributed by atoms with van der Waals surface area (Å²) >= 11 is 11.8. The van der Waals surface area contributed by atoms with Gasteiger partial charge in [0.1, 0.15) is 5.82 Å². The predicted molar refractivity (Wildman–Crippen MR) is 88.2 cm³/mol. The van der Waals surface area contributed by atoms with Crippen molar-refractivity contribution in [3.63, 3.8) is 0 Å². The first-order valence-electron chi connectivity index (χ1n) is 6.75. The lowest BCUT2D eigenvalue weighted by molar-refractivity contribution is -0.136. The number of carbonyl (C=O) groups is 2. The Bertz CT molecular complexity index is 700. The van der Waals surface area contributed by atoms with E-state index in [2.05, 4.69) is 10.6 Å². The molecule has 2 aromatic rings. The summed E-state index contributed by atoms with van der Waals surface area (Å²) in [5.74, 6) is -1.99. The molecule has 4 nitrogen and oxygen atoms in total. The van der Waals surface area contributed by atoms with E-state index in [0.29, 0.717) is 6.42 Å². The maximum absolute atomic E-state index is 12.8. The number of hydrogen-bond donors (Lipinski definition) is 2. The molecule has 0 fully saturated rings. The van der Waals surface area contributed by atoms with Crippen LogP contribution in [-0.4, -0.2) is 18.4 Å². The third-order valence-electron chi connectivity index (χ3n) is 3.02. The lowest BCUT2D eigenvalue weighted by Crippen LogP contribution is -2.36. The number of anilines is 1. The highest BCUT2D eigenvalue weighted by molar-refractivity contribution is 6.44. The molecule has 0 aliphatic heterocycles. The SMILES string of the molecule is O=C(NCCc1ccc(F)cc1)C(=O)Nc1c(Cl)cccc1Cl. The van der Waals surface area contributed by atoms with Gasteiger partial charge in [0.05, 0.1) is 15.7 Å². The molecule has 0 heterocycles. The van der Waals surface area contributed by atoms with Crippen LogP contribution in [0.1, 0.15) is 5.56 Å². The fraction of sp³-hybridized carbons (Fsp3) is 0.125. The standard InChI is InChI=1S/C16H13Cl2FN2O2/c17-12-2-1-3-13(18)14(12)21-16(23)15(22)20-9-8-10-4-6-11(19)7-5-10/h1-7H,8-9H2,(H,20,22)(H,21,23). The molecule has 0 atom stereocenters. The summed E-state index contributed by atoms with van der Waals surface area (Å²) in [5.41, 5.74) is 1.04. The quantitative estimate of drug-likeness (QED) is 0.826. The topological polar surface area (TPSA) is 58.2 Å². The van der Waals surface area contributed by atoms with Gasteiger partial charge in [-0.1, -0.05) is 41.4 Å². The van der Waals surface area contributed by atoms with Crippen LogP contribution >= 0.6 is 23.2 Å². The summed E-state index contributed by atoms with van der Waals surface area (Å²) in [4.78, 5) is 23.6. The van der Waals surface area contributed by atoms with Crippen LogP contribution in [0.2, 0.25) is 10.0 Å². The molecule has 2 amide bonds. The smallest absolute Gasteiger partial charge is 0.313 e. The van der Waals surface area contributed by atoms with Gasteiger partial charge in [-0.3, -0.25) is 9.59 Å². The van der Waals surface area contributed by atoms with Gasteiger partial charge < -0.3 is 10.6 Å². The van der Waals surface area contributed by atoms with E-state index in [1.807, 2.05) is 0 Å². The Morgan fingerprint density at radius 1 is 0.957 bits per heavy atom. The van der Waals surface area contributed by atoms with Crippen molar-refractivity contribution >= 4 is 40.7 Å². The molecule has 0 aromatic heterocycles. The maximum Gasteiger partial charge on any atom is 0.313 e. The van der Waals surface area contributed by atoms with E-state index in [4.69, 9.17) is 23.2 Å². The van der Waals surface area contributed by atoms with Crippen LogP contribution in [0.25, 0.3) is 0 Å². The van der Waals surface area contributed by atoms with Crippen LogP contribution in [0.3, 0.4) is 0 Å². The molecule has 0 aliphatic rings. The fourth-order valence-electron chi connectivity index (χ4n) is 1.84. The Kier molecular flexibility index (Phi) is 5.96. The summed E-state index contributed by atoms with van der Waals surface area (Å²) in [6.45, 7) is 0.244. The minimum absolute atomic E-state index is 0.189. The van der Waals surface area contributed by atoms with Crippen molar-refractivity contribution in [1.29, 1.82) is 0 Å². The van der Waals surface area contributed by atoms with Crippen LogP contribution in [0.4, 0.5) is 10.1 Å². The number of hydrogen-bond acceptors (Lipinski definition) is 2. The van der Waals surface area contributed by atoms with E-state index >= 15 is 0 Å². The Morgan fingerprint density at radius 2 is 1.57 bits per heavy atom. The molecule has 0 saturated heterocycles. The second-order valence-electron chi connectivity index (χ2n) is 4.68. The van der Waals surface area contributed by atoms with Crippen LogP contribution in [0.5, 0.6) is 0 Å². The predicted octanol–water partition coefficient (Wildman–Crippen LogP) is 3.43. The molecule has 2 aromatic carbocycles. The molecule has 0 aliphatic carbocycles. The molecule has 0 spiro atoms. The van der Waals surface area contributed by atoms with Crippen LogP contribution < -0.4 is 10.6 Å². The average Bonchev–Trinajstić information content (AvgIpc) is 2.52. The third-order valence-corrected chi connectivity index (χ3v) is 3.65. The minimum Gasteiger partial charge on any atom is -0.347 e. The lowest BCUT2D eigenvalue weighted by atomic mass is 10.1. The van der Waals surface area contributed by atoms with E-state index in [1.54, 1.807) is 30.3 Å². The molecule has 120 valence electrons. The van der Waals surface area contributed by atoms with Gasteiger partial charge in [-0.15, -0.1) is 0 Å². The van der Waals surface area contributed by atoms with E-state index < -0.39 is 11.8 Å². The van der Waals surface area contributed by atoms with Gasteiger partial charge in [0.15, 0.2) is 0 Å². The zero-order chi connectivity index (χ0) is 16.8. The zero-order valence-electron chi connectivity index (χ0n) is 11.9. The highest BCUT2D eigenvalue weighted by atomic mass is 35.5. The first kappa shape index (κ1) is 17.2. The zero-order valence-corrected chi connectivity index (χ0v) is 13.4. The van der Waals surface area contributed by atoms with Crippen molar-refractivity contribution in [3.05, 3.63) is 63.9 Å². The Morgan fingerprint density at radius 3 is 2.17 bits per heavy atom. The van der Waals surface area contributed by atoms with Crippen LogP contribution in [0, 0.1) is 5.82 Å². The summed E-state index contributed by atoms with van der Waals surface area (Å²) in [5, 5.41) is 5.33. The van der Waals surface area contributed by atoms with Crippen molar-refractivity contribution in [3.8, 4) is 0 Å². The van der Waals surface area contributed by atoms with Gasteiger partial charge in [0, 0.05) is 6.54 Å². The maximum atomic E-state index is 12.8. The van der Waals surface area contributed by atoms with E-state index in [0.717, 1.165) is 5.56 Å². The fourth-order valence-corrected chi connectivity index (χ4v) is 2.33. The number of halogens is 3. The molecular weight excluding hydrogens is 342 g/mol. The molecule has 7 heteroatoms. The number of para-hydroxylation sites is 1. The van der Waals surface area contributed by atoms with E-state index in [-0.39, 0.29) is 28.1 Å².